The Hall–Kier alpha value is -2.39. The van der Waals surface area contributed by atoms with Crippen molar-refractivity contribution in [1.29, 1.82) is 0 Å². The van der Waals surface area contributed by atoms with E-state index in [4.69, 9.17) is 9.47 Å². The molecule has 0 amide bonds. The molecule has 4 aliphatic rings. The molecule has 34 heavy (non-hydrogen) atoms. The summed E-state index contributed by atoms with van der Waals surface area (Å²) >= 11 is 0. The van der Waals surface area contributed by atoms with Crippen LogP contribution in [0.25, 0.3) is 0 Å². The highest BCUT2D eigenvalue weighted by atomic mass is 19.1. The van der Waals surface area contributed by atoms with Gasteiger partial charge in [0.1, 0.15) is 6.10 Å². The largest absolute Gasteiger partial charge is 0.459 e. The van der Waals surface area contributed by atoms with Gasteiger partial charge in [-0.05, 0) is 50.7 Å². The number of alkyl halides is 1. The van der Waals surface area contributed by atoms with Gasteiger partial charge >= 0.3 is 11.9 Å². The van der Waals surface area contributed by atoms with Crippen molar-refractivity contribution in [2.45, 2.75) is 76.9 Å². The molecule has 4 aliphatic carbocycles. The van der Waals surface area contributed by atoms with Gasteiger partial charge in [0.25, 0.3) is 0 Å². The molecule has 0 aromatic rings. The number of fused-ring (bicyclic) bond motifs is 5. The molecule has 0 bridgehead atoms. The van der Waals surface area contributed by atoms with Gasteiger partial charge in [-0.25, -0.2) is 4.39 Å². The van der Waals surface area contributed by atoms with Crippen molar-refractivity contribution in [2.24, 2.45) is 22.7 Å². The third-order valence-electron chi connectivity index (χ3n) is 8.98. The van der Waals surface area contributed by atoms with Crippen molar-refractivity contribution < 1.29 is 43.3 Å². The predicted octanol–water partition coefficient (Wildman–Crippen LogP) is 1.76. The van der Waals surface area contributed by atoms with E-state index in [1.54, 1.807) is 13.8 Å². The van der Waals surface area contributed by atoms with E-state index in [2.05, 4.69) is 0 Å². The topological polar surface area (TPSA) is 127 Å². The summed E-state index contributed by atoms with van der Waals surface area (Å²) in [5.41, 5.74) is -6.42. The highest BCUT2D eigenvalue weighted by Gasteiger charge is 2.77. The van der Waals surface area contributed by atoms with Crippen molar-refractivity contribution in [3.05, 3.63) is 23.8 Å². The van der Waals surface area contributed by atoms with Gasteiger partial charge in [0.15, 0.2) is 23.7 Å². The maximum Gasteiger partial charge on any atom is 0.303 e. The van der Waals surface area contributed by atoms with Crippen molar-refractivity contribution in [2.75, 3.05) is 6.61 Å². The van der Waals surface area contributed by atoms with E-state index in [9.17, 15) is 29.4 Å². The first-order chi connectivity index (χ1) is 15.7. The lowest BCUT2D eigenvalue weighted by atomic mass is 9.44. The van der Waals surface area contributed by atoms with Crippen LogP contribution >= 0.6 is 0 Å². The maximum absolute atomic E-state index is 17.2. The molecule has 186 valence electrons. The van der Waals surface area contributed by atoms with Crippen LogP contribution in [0.5, 0.6) is 0 Å². The Labute approximate surface area is 197 Å². The van der Waals surface area contributed by atoms with E-state index in [-0.39, 0.29) is 25.0 Å². The van der Waals surface area contributed by atoms with E-state index in [1.807, 2.05) is 0 Å². The SMILES string of the molecule is CC(=O)OCC(=O)[C@@]1(O)[C@H](OC(C)=O)CC2C3CCC4=CC(=O)C=C[C@]4(C)[C@@]3(F)[C@@H](O)C[C@@]21C. The van der Waals surface area contributed by atoms with Crippen molar-refractivity contribution >= 4 is 23.5 Å². The monoisotopic (exact) mass is 478 g/mol. The van der Waals surface area contributed by atoms with Gasteiger partial charge in [0, 0.05) is 30.6 Å². The smallest absolute Gasteiger partial charge is 0.303 e. The fourth-order valence-electron chi connectivity index (χ4n) is 7.31. The molecule has 3 saturated carbocycles. The molecule has 8 atom stereocenters. The zero-order chi connectivity index (χ0) is 25.3. The van der Waals surface area contributed by atoms with Gasteiger partial charge in [0.2, 0.25) is 5.78 Å². The van der Waals surface area contributed by atoms with Crippen LogP contribution in [0.15, 0.2) is 23.8 Å². The van der Waals surface area contributed by atoms with Gasteiger partial charge in [-0.2, -0.15) is 0 Å². The second-order valence-corrected chi connectivity index (χ2v) is 10.6. The summed E-state index contributed by atoms with van der Waals surface area (Å²) in [6, 6.07) is 0. The third kappa shape index (κ3) is 3.09. The second kappa shape index (κ2) is 7.81. The van der Waals surface area contributed by atoms with Crippen LogP contribution in [-0.2, 0) is 28.7 Å². The van der Waals surface area contributed by atoms with Crippen LogP contribution < -0.4 is 0 Å². The summed E-state index contributed by atoms with van der Waals surface area (Å²) in [4.78, 5) is 48.4. The molecule has 0 spiro atoms. The summed E-state index contributed by atoms with van der Waals surface area (Å²) in [6.07, 6.45) is 1.82. The van der Waals surface area contributed by atoms with Crippen molar-refractivity contribution in [1.82, 2.24) is 0 Å². The van der Waals surface area contributed by atoms with Crippen LogP contribution in [0.2, 0.25) is 0 Å². The lowest BCUT2D eigenvalue weighted by Gasteiger charge is -2.62. The quantitative estimate of drug-likeness (QED) is 0.586. The van der Waals surface area contributed by atoms with Gasteiger partial charge < -0.3 is 19.7 Å². The Morgan fingerprint density at radius 1 is 1.18 bits per heavy atom. The lowest BCUT2D eigenvalue weighted by molar-refractivity contribution is -0.224. The van der Waals surface area contributed by atoms with E-state index in [0.717, 1.165) is 13.8 Å². The molecule has 2 unspecified atom stereocenters. The van der Waals surface area contributed by atoms with Crippen LogP contribution in [-0.4, -0.2) is 63.8 Å². The molecule has 2 N–H and O–H groups in total. The summed E-state index contributed by atoms with van der Waals surface area (Å²) in [6.45, 7) is 4.80. The number of aliphatic hydroxyl groups excluding tert-OH is 1. The van der Waals surface area contributed by atoms with Crippen molar-refractivity contribution in [3.63, 3.8) is 0 Å². The number of carbonyl (C=O) groups is 4. The van der Waals surface area contributed by atoms with Crippen LogP contribution in [0.4, 0.5) is 4.39 Å². The molecule has 0 aliphatic heterocycles. The minimum absolute atomic E-state index is 0.0131. The Morgan fingerprint density at radius 2 is 1.85 bits per heavy atom. The number of esters is 2. The zero-order valence-electron chi connectivity index (χ0n) is 19.8. The number of carbonyl (C=O) groups excluding carboxylic acids is 4. The van der Waals surface area contributed by atoms with Gasteiger partial charge in [0.05, 0.1) is 6.10 Å². The Kier molecular flexibility index (Phi) is 5.68. The number of halogens is 1. The number of allylic oxidation sites excluding steroid dienone is 4. The number of aliphatic hydroxyl groups is 2. The number of ketones is 2. The fraction of sp³-hybridized carbons (Fsp3) is 0.680. The number of hydrogen-bond acceptors (Lipinski definition) is 8. The van der Waals surface area contributed by atoms with Crippen molar-refractivity contribution in [3.8, 4) is 0 Å². The fourth-order valence-corrected chi connectivity index (χ4v) is 7.31. The lowest BCUT2D eigenvalue weighted by Crippen LogP contribution is -2.70. The number of Topliss-reactive ketones (excluding diaryl/α,β-unsaturated/α-hetero) is 1. The van der Waals surface area contributed by atoms with Gasteiger partial charge in [-0.15, -0.1) is 0 Å². The zero-order valence-corrected chi connectivity index (χ0v) is 19.8. The molecular formula is C25H31FO8. The van der Waals surface area contributed by atoms with Gasteiger partial charge in [-0.1, -0.05) is 18.6 Å². The summed E-state index contributed by atoms with van der Waals surface area (Å²) in [5.74, 6) is -3.93. The molecule has 8 nitrogen and oxygen atoms in total. The number of rotatable bonds is 4. The third-order valence-corrected chi connectivity index (χ3v) is 8.98. The highest BCUT2D eigenvalue weighted by molar-refractivity contribution is 6.01. The molecule has 4 rings (SSSR count). The number of hydrogen-bond donors (Lipinski definition) is 2. The number of ether oxygens (including phenoxy) is 2. The minimum Gasteiger partial charge on any atom is -0.459 e. The van der Waals surface area contributed by atoms with E-state index in [0.29, 0.717) is 12.0 Å². The molecule has 9 heteroatoms. The molecular weight excluding hydrogens is 447 g/mol. The summed E-state index contributed by atoms with van der Waals surface area (Å²) < 4.78 is 27.4. The second-order valence-electron chi connectivity index (χ2n) is 10.6. The Balaban J connectivity index is 1.80. The first-order valence-corrected chi connectivity index (χ1v) is 11.6. The molecule has 0 saturated heterocycles. The predicted molar refractivity (Wildman–Crippen MR) is 116 cm³/mol. The first-order valence-electron chi connectivity index (χ1n) is 11.6. The maximum atomic E-state index is 17.2. The normalized spacial score (nSPS) is 44.9. The molecule has 0 aromatic heterocycles. The summed E-state index contributed by atoms with van der Waals surface area (Å²) in [5, 5.41) is 23.1. The Morgan fingerprint density at radius 3 is 2.47 bits per heavy atom. The van der Waals surface area contributed by atoms with E-state index >= 15 is 4.39 Å². The standard InChI is InChI=1S/C25H31FO8/c1-13(27)33-12-20(31)25(32)21(34-14(2)28)10-18-17-6-5-15-9-16(29)7-8-22(15,3)24(17,26)19(30)11-23(18,25)4/h7-9,17-19,21,30,32H,5-6,10-12H2,1-4H3/t17?,18?,19-,21+,22-,23-,24-,25+/m0/s1. The first kappa shape index (κ1) is 24.7. The van der Waals surface area contributed by atoms with Crippen LogP contribution in [0.1, 0.15) is 53.4 Å². The van der Waals surface area contributed by atoms with Crippen LogP contribution in [0.3, 0.4) is 0 Å². The van der Waals surface area contributed by atoms with Gasteiger partial charge in [-0.3, -0.25) is 19.2 Å². The molecule has 0 heterocycles. The highest BCUT2D eigenvalue weighted by Crippen LogP contribution is 2.70. The van der Waals surface area contributed by atoms with E-state index in [1.165, 1.54) is 18.2 Å². The van der Waals surface area contributed by atoms with Crippen LogP contribution in [0, 0.1) is 22.7 Å². The average molecular weight is 479 g/mol. The molecule has 3 fully saturated rings. The Bertz CT molecular complexity index is 1020. The molecule has 0 aromatic carbocycles. The minimum atomic E-state index is -2.28. The molecule has 0 radical (unpaired) electrons. The summed E-state index contributed by atoms with van der Waals surface area (Å²) in [7, 11) is 0. The van der Waals surface area contributed by atoms with E-state index < -0.39 is 70.5 Å². The average Bonchev–Trinajstić information content (AvgIpc) is 2.95.